The van der Waals surface area contributed by atoms with Crippen LogP contribution < -0.4 is 10.5 Å². The summed E-state index contributed by atoms with van der Waals surface area (Å²) in [6.45, 7) is 2.70. The predicted molar refractivity (Wildman–Crippen MR) is 79.4 cm³/mol. The van der Waals surface area contributed by atoms with Crippen molar-refractivity contribution in [1.82, 2.24) is 9.78 Å². The molecule has 1 unspecified atom stereocenters. The van der Waals surface area contributed by atoms with Gasteiger partial charge in [0, 0.05) is 16.7 Å². The number of hydrogen-bond donors (Lipinski definition) is 1. The lowest BCUT2D eigenvalue weighted by atomic mass is 10.1. The maximum Gasteiger partial charge on any atom is 0.119 e. The van der Waals surface area contributed by atoms with Gasteiger partial charge in [-0.05, 0) is 42.7 Å². The van der Waals surface area contributed by atoms with Crippen molar-refractivity contribution >= 4 is 15.9 Å². The molecular formula is C14H18BrN3O. The van der Waals surface area contributed by atoms with E-state index in [0.717, 1.165) is 27.8 Å². The molecule has 0 saturated heterocycles. The molecule has 0 aliphatic heterocycles. The molecule has 1 heterocycles. The molecule has 0 spiro atoms. The smallest absolute Gasteiger partial charge is 0.119 e. The summed E-state index contributed by atoms with van der Waals surface area (Å²) >= 11 is 3.55. The number of benzene rings is 1. The summed E-state index contributed by atoms with van der Waals surface area (Å²) in [5, 5.41) is 4.36. The molecule has 0 saturated carbocycles. The van der Waals surface area contributed by atoms with E-state index in [4.69, 9.17) is 10.5 Å². The van der Waals surface area contributed by atoms with Crippen LogP contribution in [0.4, 0.5) is 0 Å². The average molecular weight is 324 g/mol. The summed E-state index contributed by atoms with van der Waals surface area (Å²) in [5.41, 5.74) is 8.08. The zero-order chi connectivity index (χ0) is 13.8. The first-order chi connectivity index (χ1) is 9.08. The summed E-state index contributed by atoms with van der Waals surface area (Å²) in [6, 6.07) is 6.08. The fraction of sp³-hybridized carbons (Fsp3) is 0.357. The number of methoxy groups -OCH3 is 1. The lowest BCUT2D eigenvalue weighted by Crippen LogP contribution is -2.17. The lowest BCUT2D eigenvalue weighted by Gasteiger charge is -2.07. The van der Waals surface area contributed by atoms with Gasteiger partial charge < -0.3 is 10.5 Å². The van der Waals surface area contributed by atoms with E-state index in [2.05, 4.69) is 21.0 Å². The monoisotopic (exact) mass is 323 g/mol. The van der Waals surface area contributed by atoms with E-state index in [1.54, 1.807) is 7.11 Å². The van der Waals surface area contributed by atoms with Crippen molar-refractivity contribution in [3.8, 4) is 5.75 Å². The summed E-state index contributed by atoms with van der Waals surface area (Å²) in [5.74, 6) is 0.848. The Balaban J connectivity index is 2.14. The second-order valence-electron chi connectivity index (χ2n) is 4.68. The highest BCUT2D eigenvalue weighted by atomic mass is 79.9. The van der Waals surface area contributed by atoms with Gasteiger partial charge in [-0.15, -0.1) is 0 Å². The minimum absolute atomic E-state index is 0.154. The third-order valence-electron chi connectivity index (χ3n) is 2.83. The van der Waals surface area contributed by atoms with Crippen molar-refractivity contribution in [1.29, 1.82) is 0 Å². The molecule has 1 aromatic carbocycles. The van der Waals surface area contributed by atoms with Gasteiger partial charge >= 0.3 is 0 Å². The summed E-state index contributed by atoms with van der Waals surface area (Å²) in [4.78, 5) is 0. The van der Waals surface area contributed by atoms with E-state index >= 15 is 0 Å². The minimum Gasteiger partial charge on any atom is -0.497 e. The van der Waals surface area contributed by atoms with E-state index in [-0.39, 0.29) is 6.04 Å². The van der Waals surface area contributed by atoms with Gasteiger partial charge in [-0.2, -0.15) is 5.10 Å². The molecule has 2 aromatic rings. The summed E-state index contributed by atoms with van der Waals surface area (Å²) in [7, 11) is 1.67. The van der Waals surface area contributed by atoms with Gasteiger partial charge in [0.1, 0.15) is 5.75 Å². The molecule has 0 aliphatic carbocycles. The largest absolute Gasteiger partial charge is 0.497 e. The Labute approximate surface area is 121 Å². The SMILES string of the molecule is COc1ccc(Br)c(Cn2cc(CC(C)N)cn2)c1. The van der Waals surface area contributed by atoms with Gasteiger partial charge in [0.2, 0.25) is 0 Å². The van der Waals surface area contributed by atoms with Crippen molar-refractivity contribution in [2.24, 2.45) is 5.73 Å². The van der Waals surface area contributed by atoms with Crippen LogP contribution in [0.3, 0.4) is 0 Å². The highest BCUT2D eigenvalue weighted by molar-refractivity contribution is 9.10. The van der Waals surface area contributed by atoms with Gasteiger partial charge in [-0.1, -0.05) is 15.9 Å². The van der Waals surface area contributed by atoms with Gasteiger partial charge in [0.25, 0.3) is 0 Å². The molecule has 0 fully saturated rings. The Morgan fingerprint density at radius 3 is 2.95 bits per heavy atom. The molecular weight excluding hydrogens is 306 g/mol. The number of aromatic nitrogens is 2. The van der Waals surface area contributed by atoms with Gasteiger partial charge in [0.05, 0.1) is 19.9 Å². The van der Waals surface area contributed by atoms with Gasteiger partial charge in [-0.3, -0.25) is 4.68 Å². The zero-order valence-electron chi connectivity index (χ0n) is 11.1. The van der Waals surface area contributed by atoms with Gasteiger partial charge in [0.15, 0.2) is 0 Å². The van der Waals surface area contributed by atoms with Crippen LogP contribution in [-0.2, 0) is 13.0 Å². The van der Waals surface area contributed by atoms with E-state index < -0.39 is 0 Å². The number of nitrogens with two attached hydrogens (primary N) is 1. The first-order valence-electron chi connectivity index (χ1n) is 6.18. The second kappa shape index (κ2) is 6.21. The second-order valence-corrected chi connectivity index (χ2v) is 5.54. The molecule has 0 aliphatic rings. The fourth-order valence-electron chi connectivity index (χ4n) is 1.94. The highest BCUT2D eigenvalue weighted by Crippen LogP contribution is 2.23. The Morgan fingerprint density at radius 2 is 2.26 bits per heavy atom. The number of ether oxygens (including phenoxy) is 1. The standard InChI is InChI=1S/C14H18BrN3O/c1-10(16)5-11-7-17-18(8-11)9-12-6-13(19-2)3-4-14(12)15/h3-4,6-8,10H,5,9,16H2,1-2H3. The molecule has 0 amide bonds. The number of nitrogens with zero attached hydrogens (tertiary/aromatic N) is 2. The third-order valence-corrected chi connectivity index (χ3v) is 3.60. The lowest BCUT2D eigenvalue weighted by molar-refractivity contribution is 0.414. The Bertz CT molecular complexity index is 551. The van der Waals surface area contributed by atoms with Gasteiger partial charge in [-0.25, -0.2) is 0 Å². The van der Waals surface area contributed by atoms with Crippen molar-refractivity contribution in [3.63, 3.8) is 0 Å². The maximum atomic E-state index is 5.79. The molecule has 1 aromatic heterocycles. The van der Waals surface area contributed by atoms with E-state index in [1.807, 2.05) is 42.2 Å². The first kappa shape index (κ1) is 14.1. The maximum absolute atomic E-state index is 5.79. The highest BCUT2D eigenvalue weighted by Gasteiger charge is 2.06. The Hall–Kier alpha value is -1.33. The topological polar surface area (TPSA) is 53.1 Å². The molecule has 0 radical (unpaired) electrons. The molecule has 5 heteroatoms. The summed E-state index contributed by atoms with van der Waals surface area (Å²) < 4.78 is 8.21. The number of rotatable bonds is 5. The number of hydrogen-bond acceptors (Lipinski definition) is 3. The normalized spacial score (nSPS) is 12.4. The number of halogens is 1. The first-order valence-corrected chi connectivity index (χ1v) is 6.97. The van der Waals surface area contributed by atoms with Crippen LogP contribution in [0.5, 0.6) is 5.75 Å². The molecule has 2 N–H and O–H groups in total. The van der Waals surface area contributed by atoms with E-state index in [1.165, 1.54) is 0 Å². The van der Waals surface area contributed by atoms with Crippen LogP contribution in [0.15, 0.2) is 35.1 Å². The Morgan fingerprint density at radius 1 is 1.47 bits per heavy atom. The van der Waals surface area contributed by atoms with Crippen molar-refractivity contribution in [2.45, 2.75) is 25.9 Å². The van der Waals surface area contributed by atoms with E-state index in [9.17, 15) is 0 Å². The van der Waals surface area contributed by atoms with Crippen molar-refractivity contribution in [3.05, 3.63) is 46.2 Å². The molecule has 1 atom stereocenters. The molecule has 0 bridgehead atoms. The molecule has 102 valence electrons. The minimum atomic E-state index is 0.154. The third kappa shape index (κ3) is 3.81. The van der Waals surface area contributed by atoms with Crippen LogP contribution in [0, 0.1) is 0 Å². The molecule has 19 heavy (non-hydrogen) atoms. The molecule has 2 rings (SSSR count). The van der Waals surface area contributed by atoms with Crippen LogP contribution in [0.25, 0.3) is 0 Å². The zero-order valence-corrected chi connectivity index (χ0v) is 12.7. The molecule has 4 nitrogen and oxygen atoms in total. The fourth-order valence-corrected chi connectivity index (χ4v) is 2.32. The van der Waals surface area contributed by atoms with E-state index in [0.29, 0.717) is 6.54 Å². The Kier molecular flexibility index (Phi) is 4.61. The average Bonchev–Trinajstić information content (AvgIpc) is 2.78. The van der Waals surface area contributed by atoms with Crippen LogP contribution in [-0.4, -0.2) is 22.9 Å². The van der Waals surface area contributed by atoms with Crippen LogP contribution in [0.1, 0.15) is 18.1 Å². The van der Waals surface area contributed by atoms with Crippen molar-refractivity contribution in [2.75, 3.05) is 7.11 Å². The van der Waals surface area contributed by atoms with Crippen molar-refractivity contribution < 1.29 is 4.74 Å². The van der Waals surface area contributed by atoms with Crippen LogP contribution in [0.2, 0.25) is 0 Å². The summed E-state index contributed by atoms with van der Waals surface area (Å²) in [6.07, 6.45) is 4.76. The quantitative estimate of drug-likeness (QED) is 0.920. The predicted octanol–water partition coefficient (Wildman–Crippen LogP) is 2.59. The van der Waals surface area contributed by atoms with Crippen LogP contribution >= 0.6 is 15.9 Å².